The van der Waals surface area contributed by atoms with Gasteiger partial charge in [0.05, 0.1) is 24.4 Å². The maximum atomic E-state index is 13.8. The van der Waals surface area contributed by atoms with Gasteiger partial charge in [0.15, 0.2) is 0 Å². The van der Waals surface area contributed by atoms with E-state index in [4.69, 9.17) is 11.6 Å². The Morgan fingerprint density at radius 3 is 2.45 bits per heavy atom. The number of hydrogen-bond acceptors (Lipinski definition) is 4. The van der Waals surface area contributed by atoms with E-state index in [1.165, 1.54) is 30.3 Å². The molecule has 0 saturated heterocycles. The van der Waals surface area contributed by atoms with Gasteiger partial charge in [-0.2, -0.15) is 13.2 Å². The number of alkyl halides is 3. The van der Waals surface area contributed by atoms with Crippen molar-refractivity contribution in [2.45, 2.75) is 17.5 Å². The number of ether oxygens (including phenoxy) is 1. The molecule has 0 aromatic heterocycles. The summed E-state index contributed by atoms with van der Waals surface area (Å²) in [6.07, 6.45) is -4.93. The average Bonchev–Trinajstić information content (AvgIpc) is 2.60. The SMILES string of the molecule is O=C(CCOCC(F)(F)F)Nc1cc(Cl)ccc1NS(=O)(=O)c1ccccc1F. The van der Waals surface area contributed by atoms with Crippen LogP contribution in [0.3, 0.4) is 0 Å². The van der Waals surface area contributed by atoms with Crippen LogP contribution in [0.15, 0.2) is 47.4 Å². The van der Waals surface area contributed by atoms with E-state index in [2.05, 4.69) is 14.8 Å². The lowest BCUT2D eigenvalue weighted by Crippen LogP contribution is -2.21. The van der Waals surface area contributed by atoms with Crippen LogP contribution in [0.25, 0.3) is 0 Å². The molecule has 0 spiro atoms. The number of nitrogens with one attached hydrogen (secondary N) is 2. The zero-order valence-corrected chi connectivity index (χ0v) is 16.2. The van der Waals surface area contributed by atoms with E-state index in [0.717, 1.165) is 12.1 Å². The van der Waals surface area contributed by atoms with Crippen molar-refractivity contribution in [3.05, 3.63) is 53.3 Å². The molecule has 2 aromatic carbocycles. The summed E-state index contributed by atoms with van der Waals surface area (Å²) in [6, 6.07) is 8.50. The van der Waals surface area contributed by atoms with Crippen molar-refractivity contribution >= 4 is 38.9 Å². The number of sulfonamides is 1. The maximum absolute atomic E-state index is 13.8. The first-order chi connectivity index (χ1) is 13.5. The summed E-state index contributed by atoms with van der Waals surface area (Å²) in [4.78, 5) is 11.3. The summed E-state index contributed by atoms with van der Waals surface area (Å²) in [5.74, 6) is -1.71. The zero-order valence-electron chi connectivity index (χ0n) is 14.6. The molecule has 0 bridgehead atoms. The zero-order chi connectivity index (χ0) is 21.7. The lowest BCUT2D eigenvalue weighted by atomic mass is 10.2. The minimum atomic E-state index is -4.51. The van der Waals surface area contributed by atoms with E-state index in [1.54, 1.807) is 0 Å². The molecule has 2 N–H and O–H groups in total. The number of carbonyl (C=O) groups is 1. The highest BCUT2D eigenvalue weighted by molar-refractivity contribution is 7.92. The normalized spacial score (nSPS) is 11.9. The molecule has 0 unspecified atom stereocenters. The summed E-state index contributed by atoms with van der Waals surface area (Å²) in [7, 11) is -4.32. The molecule has 0 aliphatic heterocycles. The Morgan fingerprint density at radius 1 is 1.10 bits per heavy atom. The van der Waals surface area contributed by atoms with Gasteiger partial charge >= 0.3 is 6.18 Å². The molecule has 6 nitrogen and oxygen atoms in total. The topological polar surface area (TPSA) is 84.5 Å². The number of amides is 1. The molecule has 0 heterocycles. The number of benzene rings is 2. The lowest BCUT2D eigenvalue weighted by Gasteiger charge is -2.14. The van der Waals surface area contributed by atoms with Gasteiger partial charge in [0.1, 0.15) is 17.3 Å². The summed E-state index contributed by atoms with van der Waals surface area (Å²) >= 11 is 5.85. The molecule has 0 aliphatic rings. The molecular formula is C17H15ClF4N2O4S. The van der Waals surface area contributed by atoms with Gasteiger partial charge in [0.25, 0.3) is 10.0 Å². The number of carbonyl (C=O) groups excluding carboxylic acids is 1. The minimum absolute atomic E-state index is 0.0572. The maximum Gasteiger partial charge on any atom is 0.411 e. The standard InChI is InChI=1S/C17H15ClF4N2O4S/c18-11-5-6-13(24-29(26,27)15-4-2-1-3-12(15)19)14(9-11)23-16(25)7-8-28-10-17(20,21)22/h1-6,9,24H,7-8,10H2,(H,23,25). The number of anilines is 2. The fraction of sp³-hybridized carbons (Fsp3) is 0.235. The molecule has 0 saturated carbocycles. The van der Waals surface area contributed by atoms with Gasteiger partial charge in [-0.3, -0.25) is 9.52 Å². The van der Waals surface area contributed by atoms with Crippen LogP contribution in [-0.4, -0.2) is 33.7 Å². The molecule has 12 heteroatoms. The van der Waals surface area contributed by atoms with E-state index in [-0.39, 0.29) is 16.4 Å². The van der Waals surface area contributed by atoms with Crippen LogP contribution in [0.4, 0.5) is 28.9 Å². The molecule has 158 valence electrons. The van der Waals surface area contributed by atoms with Crippen molar-refractivity contribution in [3.63, 3.8) is 0 Å². The summed E-state index contributed by atoms with van der Waals surface area (Å²) in [6.45, 7) is -1.99. The predicted molar refractivity (Wildman–Crippen MR) is 98.8 cm³/mol. The second kappa shape index (κ2) is 9.42. The molecular weight excluding hydrogens is 440 g/mol. The Morgan fingerprint density at radius 2 is 1.79 bits per heavy atom. The van der Waals surface area contributed by atoms with Crippen LogP contribution in [0.1, 0.15) is 6.42 Å². The Hall–Kier alpha value is -2.37. The van der Waals surface area contributed by atoms with Crippen LogP contribution in [0, 0.1) is 5.82 Å². The van der Waals surface area contributed by atoms with E-state index in [0.29, 0.717) is 0 Å². The quantitative estimate of drug-likeness (QED) is 0.463. The Bertz CT molecular complexity index is 984. The van der Waals surface area contributed by atoms with Gasteiger partial charge in [0.2, 0.25) is 5.91 Å². The third-order valence-electron chi connectivity index (χ3n) is 3.37. The van der Waals surface area contributed by atoms with Gasteiger partial charge in [-0.25, -0.2) is 12.8 Å². The minimum Gasteiger partial charge on any atom is -0.372 e. The highest BCUT2D eigenvalue weighted by atomic mass is 35.5. The van der Waals surface area contributed by atoms with Crippen molar-refractivity contribution in [2.75, 3.05) is 23.3 Å². The Balaban J connectivity index is 2.11. The summed E-state index contributed by atoms with van der Waals surface area (Å²) in [5.41, 5.74) is -0.166. The second-order valence-electron chi connectivity index (χ2n) is 5.69. The fourth-order valence-electron chi connectivity index (χ4n) is 2.14. The van der Waals surface area contributed by atoms with Gasteiger partial charge in [0, 0.05) is 5.02 Å². The summed E-state index contributed by atoms with van der Waals surface area (Å²) < 4.78 is 81.2. The first kappa shape index (κ1) is 22.9. The predicted octanol–water partition coefficient (Wildman–Crippen LogP) is 4.19. The molecule has 2 aromatic rings. The van der Waals surface area contributed by atoms with Gasteiger partial charge in [-0.15, -0.1) is 0 Å². The van der Waals surface area contributed by atoms with Crippen LogP contribution < -0.4 is 10.0 Å². The van der Waals surface area contributed by atoms with Crippen LogP contribution in [0.5, 0.6) is 0 Å². The van der Waals surface area contributed by atoms with Crippen molar-refractivity contribution in [2.24, 2.45) is 0 Å². The van der Waals surface area contributed by atoms with Crippen LogP contribution >= 0.6 is 11.6 Å². The average molecular weight is 455 g/mol. The third kappa shape index (κ3) is 7.18. The largest absolute Gasteiger partial charge is 0.411 e. The first-order valence-corrected chi connectivity index (χ1v) is 9.85. The first-order valence-electron chi connectivity index (χ1n) is 7.99. The number of halogens is 5. The van der Waals surface area contributed by atoms with E-state index in [9.17, 15) is 30.8 Å². The van der Waals surface area contributed by atoms with Gasteiger partial charge < -0.3 is 10.1 Å². The molecule has 0 atom stereocenters. The van der Waals surface area contributed by atoms with Crippen molar-refractivity contribution in [3.8, 4) is 0 Å². The van der Waals surface area contributed by atoms with Gasteiger partial charge in [-0.05, 0) is 30.3 Å². The van der Waals surface area contributed by atoms with E-state index < -0.39 is 52.5 Å². The second-order valence-corrected chi connectivity index (χ2v) is 7.78. The van der Waals surface area contributed by atoms with Gasteiger partial charge in [-0.1, -0.05) is 23.7 Å². The van der Waals surface area contributed by atoms with Crippen molar-refractivity contribution < 1.29 is 35.5 Å². The van der Waals surface area contributed by atoms with Crippen LogP contribution in [-0.2, 0) is 19.6 Å². The smallest absolute Gasteiger partial charge is 0.372 e. The molecule has 2 rings (SSSR count). The Kier molecular flexibility index (Phi) is 7.44. The number of hydrogen-bond donors (Lipinski definition) is 2. The van der Waals surface area contributed by atoms with Crippen molar-refractivity contribution in [1.82, 2.24) is 0 Å². The highest BCUT2D eigenvalue weighted by Crippen LogP contribution is 2.29. The molecule has 0 aliphatic carbocycles. The van der Waals surface area contributed by atoms with E-state index >= 15 is 0 Å². The molecule has 29 heavy (non-hydrogen) atoms. The summed E-state index contributed by atoms with van der Waals surface area (Å²) in [5, 5.41) is 2.49. The molecule has 0 fully saturated rings. The number of rotatable bonds is 8. The molecule has 1 amide bonds. The highest BCUT2D eigenvalue weighted by Gasteiger charge is 2.27. The lowest BCUT2D eigenvalue weighted by molar-refractivity contribution is -0.174. The Labute approximate surface area is 168 Å². The van der Waals surface area contributed by atoms with E-state index in [1.807, 2.05) is 0 Å². The fourth-order valence-corrected chi connectivity index (χ4v) is 3.47. The molecule has 0 radical (unpaired) electrons. The third-order valence-corrected chi connectivity index (χ3v) is 5.00. The monoisotopic (exact) mass is 454 g/mol. The van der Waals surface area contributed by atoms with Crippen LogP contribution in [0.2, 0.25) is 5.02 Å². The van der Waals surface area contributed by atoms with Crippen molar-refractivity contribution in [1.29, 1.82) is 0 Å².